The van der Waals surface area contributed by atoms with Crippen molar-refractivity contribution in [1.82, 2.24) is 9.80 Å². The zero-order valence-electron chi connectivity index (χ0n) is 18.2. The maximum Gasteiger partial charge on any atom is 0.255 e. The van der Waals surface area contributed by atoms with Crippen molar-refractivity contribution in [3.63, 3.8) is 0 Å². The van der Waals surface area contributed by atoms with E-state index in [9.17, 15) is 14.0 Å². The number of benzene rings is 2. The Hall–Kier alpha value is -2.44. The number of piperidine rings is 2. The standard InChI is InChI=1S/C25H29ClFN3O2/c26-20-9-8-19(22(27)16-20)17-29-14-10-18(11-15-29)24(31)28-23-7-3-2-6-21(23)25(32)30-12-4-1-5-13-30/h2-3,6-9,16,18H,1,4-5,10-15,17H2,(H,28,31). The van der Waals surface area contributed by atoms with E-state index in [4.69, 9.17) is 11.6 Å². The fraction of sp³-hybridized carbons (Fsp3) is 0.440. The highest BCUT2D eigenvalue weighted by Crippen LogP contribution is 2.25. The summed E-state index contributed by atoms with van der Waals surface area (Å²) < 4.78 is 14.1. The molecule has 0 bridgehead atoms. The number of anilines is 1. The Labute approximate surface area is 193 Å². The van der Waals surface area contributed by atoms with Gasteiger partial charge in [0.1, 0.15) is 5.82 Å². The fourth-order valence-corrected chi connectivity index (χ4v) is 4.68. The van der Waals surface area contributed by atoms with Gasteiger partial charge in [0.2, 0.25) is 5.91 Å². The number of hydrogen-bond donors (Lipinski definition) is 1. The molecule has 0 saturated carbocycles. The van der Waals surface area contributed by atoms with Crippen molar-refractivity contribution < 1.29 is 14.0 Å². The summed E-state index contributed by atoms with van der Waals surface area (Å²) in [4.78, 5) is 30.0. The molecule has 0 aromatic heterocycles. The molecule has 2 heterocycles. The van der Waals surface area contributed by atoms with Gasteiger partial charge in [0.25, 0.3) is 5.91 Å². The number of halogens is 2. The van der Waals surface area contributed by atoms with Gasteiger partial charge in [-0.05, 0) is 69.5 Å². The van der Waals surface area contributed by atoms with E-state index in [1.54, 1.807) is 24.3 Å². The first-order chi connectivity index (χ1) is 15.5. The van der Waals surface area contributed by atoms with Crippen LogP contribution in [0.4, 0.5) is 10.1 Å². The molecule has 0 unspecified atom stereocenters. The summed E-state index contributed by atoms with van der Waals surface area (Å²) in [5, 5.41) is 3.39. The lowest BCUT2D eigenvalue weighted by atomic mass is 9.95. The molecule has 2 saturated heterocycles. The quantitative estimate of drug-likeness (QED) is 0.690. The van der Waals surface area contributed by atoms with Crippen LogP contribution in [-0.4, -0.2) is 47.8 Å². The average molecular weight is 458 g/mol. The molecule has 0 radical (unpaired) electrons. The zero-order chi connectivity index (χ0) is 22.5. The Morgan fingerprint density at radius 2 is 1.72 bits per heavy atom. The normalized spacial score (nSPS) is 17.9. The summed E-state index contributed by atoms with van der Waals surface area (Å²) in [6.07, 6.45) is 4.61. The third kappa shape index (κ3) is 5.48. The van der Waals surface area contributed by atoms with Crippen LogP contribution in [0.1, 0.15) is 48.0 Å². The highest BCUT2D eigenvalue weighted by Gasteiger charge is 2.27. The van der Waals surface area contributed by atoms with Crippen LogP contribution in [-0.2, 0) is 11.3 Å². The topological polar surface area (TPSA) is 52.7 Å². The van der Waals surface area contributed by atoms with E-state index >= 15 is 0 Å². The predicted octanol–water partition coefficient (Wildman–Crippen LogP) is 4.96. The Morgan fingerprint density at radius 1 is 1.00 bits per heavy atom. The molecule has 7 heteroatoms. The first-order valence-electron chi connectivity index (χ1n) is 11.4. The summed E-state index contributed by atoms with van der Waals surface area (Å²) in [5.74, 6) is -0.492. The van der Waals surface area contributed by atoms with Gasteiger partial charge in [-0.25, -0.2) is 4.39 Å². The largest absolute Gasteiger partial charge is 0.339 e. The van der Waals surface area contributed by atoms with Crippen molar-refractivity contribution in [3.8, 4) is 0 Å². The number of carbonyl (C=O) groups is 2. The van der Waals surface area contributed by atoms with E-state index in [1.807, 2.05) is 17.0 Å². The molecule has 2 aliphatic heterocycles. The van der Waals surface area contributed by atoms with E-state index in [-0.39, 0.29) is 23.5 Å². The third-order valence-electron chi connectivity index (χ3n) is 6.43. The van der Waals surface area contributed by atoms with Crippen LogP contribution in [0.2, 0.25) is 5.02 Å². The second-order valence-electron chi connectivity index (χ2n) is 8.67. The second kappa shape index (κ2) is 10.5. The van der Waals surface area contributed by atoms with Gasteiger partial charge < -0.3 is 10.2 Å². The van der Waals surface area contributed by atoms with Crippen LogP contribution in [0.15, 0.2) is 42.5 Å². The van der Waals surface area contributed by atoms with E-state index in [2.05, 4.69) is 10.2 Å². The number of para-hydroxylation sites is 1. The molecule has 4 rings (SSSR count). The Morgan fingerprint density at radius 3 is 2.44 bits per heavy atom. The molecule has 0 atom stereocenters. The number of amides is 2. The monoisotopic (exact) mass is 457 g/mol. The van der Waals surface area contributed by atoms with Gasteiger partial charge in [0.15, 0.2) is 0 Å². The minimum Gasteiger partial charge on any atom is -0.339 e. The van der Waals surface area contributed by atoms with E-state index in [0.717, 1.165) is 32.4 Å². The van der Waals surface area contributed by atoms with Crippen molar-refractivity contribution in [2.24, 2.45) is 5.92 Å². The maximum absolute atomic E-state index is 14.1. The Kier molecular flexibility index (Phi) is 7.43. The average Bonchev–Trinajstić information content (AvgIpc) is 2.82. The summed E-state index contributed by atoms with van der Waals surface area (Å²) in [6, 6.07) is 12.0. The second-order valence-corrected chi connectivity index (χ2v) is 9.11. The van der Waals surface area contributed by atoms with Crippen LogP contribution in [0, 0.1) is 11.7 Å². The van der Waals surface area contributed by atoms with Crippen LogP contribution < -0.4 is 5.32 Å². The Balaban J connectivity index is 1.34. The lowest BCUT2D eigenvalue weighted by Crippen LogP contribution is -2.38. The van der Waals surface area contributed by atoms with Gasteiger partial charge in [-0.15, -0.1) is 0 Å². The molecule has 32 heavy (non-hydrogen) atoms. The van der Waals surface area contributed by atoms with E-state index in [1.165, 1.54) is 6.07 Å². The fourth-order valence-electron chi connectivity index (χ4n) is 4.52. The van der Waals surface area contributed by atoms with Crippen molar-refractivity contribution in [1.29, 1.82) is 0 Å². The first-order valence-corrected chi connectivity index (χ1v) is 11.7. The SMILES string of the molecule is O=C(Nc1ccccc1C(=O)N1CCCCC1)C1CCN(Cc2ccc(Cl)cc2F)CC1. The van der Waals surface area contributed by atoms with Gasteiger partial charge in [-0.3, -0.25) is 14.5 Å². The number of nitrogens with one attached hydrogen (secondary N) is 1. The molecule has 0 aliphatic carbocycles. The molecule has 0 spiro atoms. The molecule has 1 N–H and O–H groups in total. The number of rotatable bonds is 5. The molecule has 2 amide bonds. The van der Waals surface area contributed by atoms with Gasteiger partial charge in [0.05, 0.1) is 11.3 Å². The van der Waals surface area contributed by atoms with Crippen LogP contribution >= 0.6 is 11.6 Å². The lowest BCUT2D eigenvalue weighted by molar-refractivity contribution is -0.121. The van der Waals surface area contributed by atoms with E-state index in [0.29, 0.717) is 54.3 Å². The van der Waals surface area contributed by atoms with Gasteiger partial charge in [-0.2, -0.15) is 0 Å². The third-order valence-corrected chi connectivity index (χ3v) is 6.66. The lowest BCUT2D eigenvalue weighted by Gasteiger charge is -2.31. The van der Waals surface area contributed by atoms with Gasteiger partial charge in [0, 0.05) is 36.1 Å². The predicted molar refractivity (Wildman–Crippen MR) is 124 cm³/mol. The maximum atomic E-state index is 14.1. The van der Waals surface area contributed by atoms with Crippen molar-refractivity contribution >= 4 is 29.1 Å². The molecule has 2 aromatic carbocycles. The summed E-state index contributed by atoms with van der Waals surface area (Å²) in [7, 11) is 0. The molecule has 2 fully saturated rings. The van der Waals surface area contributed by atoms with Crippen LogP contribution in [0.25, 0.3) is 0 Å². The van der Waals surface area contributed by atoms with Crippen molar-refractivity contribution in [3.05, 3.63) is 64.4 Å². The molecular formula is C25H29ClFN3O2. The summed E-state index contributed by atoms with van der Waals surface area (Å²) >= 11 is 5.83. The first kappa shape index (κ1) is 22.7. The minimum atomic E-state index is -0.299. The molecule has 170 valence electrons. The number of nitrogens with zero attached hydrogens (tertiary/aromatic N) is 2. The van der Waals surface area contributed by atoms with Gasteiger partial charge in [-0.1, -0.05) is 29.8 Å². The molecule has 2 aromatic rings. The Bertz CT molecular complexity index is 969. The smallest absolute Gasteiger partial charge is 0.255 e. The number of carbonyl (C=O) groups excluding carboxylic acids is 2. The van der Waals surface area contributed by atoms with Crippen LogP contribution in [0.3, 0.4) is 0 Å². The van der Waals surface area contributed by atoms with Crippen molar-refractivity contribution in [2.45, 2.75) is 38.6 Å². The summed E-state index contributed by atoms with van der Waals surface area (Å²) in [6.45, 7) is 3.48. The molecule has 2 aliphatic rings. The zero-order valence-corrected chi connectivity index (χ0v) is 18.9. The summed E-state index contributed by atoms with van der Waals surface area (Å²) in [5.41, 5.74) is 1.75. The van der Waals surface area contributed by atoms with Crippen molar-refractivity contribution in [2.75, 3.05) is 31.5 Å². The number of hydrogen-bond acceptors (Lipinski definition) is 3. The van der Waals surface area contributed by atoms with E-state index < -0.39 is 0 Å². The minimum absolute atomic E-state index is 0.0135. The molecular weight excluding hydrogens is 429 g/mol. The molecule has 5 nitrogen and oxygen atoms in total. The highest BCUT2D eigenvalue weighted by atomic mass is 35.5. The van der Waals surface area contributed by atoms with Gasteiger partial charge >= 0.3 is 0 Å². The highest BCUT2D eigenvalue weighted by molar-refractivity contribution is 6.30. The van der Waals surface area contributed by atoms with Crippen LogP contribution in [0.5, 0.6) is 0 Å². The number of likely N-dealkylation sites (tertiary alicyclic amines) is 2.